The first-order valence-electron chi connectivity index (χ1n) is 8.31. The second kappa shape index (κ2) is 7.97. The molecule has 0 spiro atoms. The third-order valence-electron chi connectivity index (χ3n) is 4.05. The molecule has 0 aliphatic rings. The Morgan fingerprint density at radius 3 is 2.42 bits per heavy atom. The van der Waals surface area contributed by atoms with Crippen molar-refractivity contribution < 1.29 is 4.79 Å². The first-order chi connectivity index (χ1) is 12.6. The highest BCUT2D eigenvalue weighted by Crippen LogP contribution is 2.24. The number of carbonyl (C=O) groups excluding carboxylic acids is 1. The second-order valence-electron chi connectivity index (χ2n) is 5.84. The predicted molar refractivity (Wildman–Crippen MR) is 105 cm³/mol. The van der Waals surface area contributed by atoms with Crippen LogP contribution in [0.15, 0.2) is 54.9 Å². The number of carbonyl (C=O) groups is 1. The van der Waals surface area contributed by atoms with E-state index in [1.807, 2.05) is 49.4 Å². The molecule has 0 saturated heterocycles. The van der Waals surface area contributed by atoms with Crippen LogP contribution in [0.2, 0.25) is 5.02 Å². The molecule has 0 aliphatic carbocycles. The van der Waals surface area contributed by atoms with E-state index in [2.05, 4.69) is 27.5 Å². The molecule has 0 bridgehead atoms. The molecule has 132 valence electrons. The van der Waals surface area contributed by atoms with Crippen LogP contribution in [0.5, 0.6) is 0 Å². The van der Waals surface area contributed by atoms with Crippen LogP contribution in [0.4, 0.5) is 17.3 Å². The summed E-state index contributed by atoms with van der Waals surface area (Å²) in [7, 11) is 0. The molecule has 1 heterocycles. The van der Waals surface area contributed by atoms with Gasteiger partial charge in [-0.15, -0.1) is 0 Å². The van der Waals surface area contributed by atoms with Crippen LogP contribution in [0.3, 0.4) is 0 Å². The van der Waals surface area contributed by atoms with Crippen LogP contribution in [-0.2, 0) is 6.42 Å². The lowest BCUT2D eigenvalue weighted by Gasteiger charge is -2.10. The zero-order valence-corrected chi connectivity index (χ0v) is 15.3. The van der Waals surface area contributed by atoms with E-state index in [1.165, 1.54) is 18.0 Å². The van der Waals surface area contributed by atoms with Gasteiger partial charge in [0.1, 0.15) is 0 Å². The normalized spacial score (nSPS) is 10.4. The van der Waals surface area contributed by atoms with Gasteiger partial charge in [-0.3, -0.25) is 4.79 Å². The number of nitrogens with one attached hydrogen (secondary N) is 2. The molecule has 5 nitrogen and oxygen atoms in total. The van der Waals surface area contributed by atoms with Gasteiger partial charge in [0, 0.05) is 28.8 Å². The number of hydrogen-bond acceptors (Lipinski definition) is 4. The summed E-state index contributed by atoms with van der Waals surface area (Å²) >= 11 is 6.11. The van der Waals surface area contributed by atoms with Gasteiger partial charge in [0.25, 0.3) is 5.91 Å². The number of nitrogens with zero attached hydrogens (tertiary/aromatic N) is 2. The van der Waals surface area contributed by atoms with Crippen LogP contribution in [-0.4, -0.2) is 15.9 Å². The molecule has 3 rings (SSSR count). The Morgan fingerprint density at radius 2 is 1.77 bits per heavy atom. The fraction of sp³-hybridized carbons (Fsp3) is 0.150. The molecular weight excluding hydrogens is 348 g/mol. The van der Waals surface area contributed by atoms with Crippen LogP contribution >= 0.6 is 11.6 Å². The highest BCUT2D eigenvalue weighted by Gasteiger charge is 2.09. The molecule has 2 N–H and O–H groups in total. The van der Waals surface area contributed by atoms with Crippen molar-refractivity contribution in [2.24, 2.45) is 0 Å². The van der Waals surface area contributed by atoms with Gasteiger partial charge in [0.05, 0.1) is 5.56 Å². The minimum atomic E-state index is -0.250. The smallest absolute Gasteiger partial charge is 0.258 e. The number of aryl methyl sites for hydroxylation is 1. The van der Waals surface area contributed by atoms with E-state index < -0.39 is 0 Å². The van der Waals surface area contributed by atoms with Crippen LogP contribution < -0.4 is 10.6 Å². The van der Waals surface area contributed by atoms with Crippen LogP contribution in [0.25, 0.3) is 0 Å². The molecule has 1 aromatic heterocycles. The van der Waals surface area contributed by atoms with Crippen molar-refractivity contribution in [2.75, 3.05) is 10.6 Å². The van der Waals surface area contributed by atoms with Crippen molar-refractivity contribution in [3.63, 3.8) is 0 Å². The minimum Gasteiger partial charge on any atom is -0.324 e. The molecule has 0 fully saturated rings. The monoisotopic (exact) mass is 366 g/mol. The van der Waals surface area contributed by atoms with Crippen molar-refractivity contribution >= 4 is 34.8 Å². The molecule has 1 amide bonds. The Bertz CT molecular complexity index is 908. The summed E-state index contributed by atoms with van der Waals surface area (Å²) in [4.78, 5) is 20.7. The van der Waals surface area contributed by atoms with Gasteiger partial charge in [-0.2, -0.15) is 0 Å². The van der Waals surface area contributed by atoms with Crippen LogP contribution in [0.1, 0.15) is 28.4 Å². The summed E-state index contributed by atoms with van der Waals surface area (Å²) in [5.74, 6) is 0.152. The van der Waals surface area contributed by atoms with Gasteiger partial charge in [0.2, 0.25) is 5.95 Å². The SMILES string of the molecule is CCc1ccc(NC(=O)c2cnc(Nc3cccc(Cl)c3C)nc2)cc1. The molecule has 0 saturated carbocycles. The lowest BCUT2D eigenvalue weighted by atomic mass is 10.1. The van der Waals surface area contributed by atoms with E-state index in [4.69, 9.17) is 11.6 Å². The second-order valence-corrected chi connectivity index (χ2v) is 6.24. The summed E-state index contributed by atoms with van der Waals surface area (Å²) in [6.07, 6.45) is 3.94. The standard InChI is InChI=1S/C20H19ClN4O/c1-3-14-7-9-16(10-8-14)24-19(26)15-11-22-20(23-12-15)25-18-6-4-5-17(21)13(18)2/h4-12H,3H2,1-2H3,(H,24,26)(H,22,23,25). The maximum Gasteiger partial charge on any atom is 0.258 e. The van der Waals surface area contributed by atoms with E-state index in [9.17, 15) is 4.79 Å². The topological polar surface area (TPSA) is 66.9 Å². The largest absolute Gasteiger partial charge is 0.324 e. The number of halogens is 1. The van der Waals surface area contributed by atoms with Crippen molar-refractivity contribution in [2.45, 2.75) is 20.3 Å². The van der Waals surface area contributed by atoms with Gasteiger partial charge in [-0.25, -0.2) is 9.97 Å². The molecule has 26 heavy (non-hydrogen) atoms. The molecule has 3 aromatic rings. The van der Waals surface area contributed by atoms with E-state index in [1.54, 1.807) is 0 Å². The fourth-order valence-electron chi connectivity index (χ4n) is 2.40. The first kappa shape index (κ1) is 17.9. The number of benzene rings is 2. The van der Waals surface area contributed by atoms with Crippen molar-refractivity contribution in [1.29, 1.82) is 0 Å². The highest BCUT2D eigenvalue weighted by atomic mass is 35.5. The minimum absolute atomic E-state index is 0.250. The summed E-state index contributed by atoms with van der Waals surface area (Å²) in [6.45, 7) is 4.00. The Hall–Kier alpha value is -2.92. The number of aromatic nitrogens is 2. The fourth-order valence-corrected chi connectivity index (χ4v) is 2.57. The predicted octanol–water partition coefficient (Wildman–Crippen LogP) is 5.00. The van der Waals surface area contributed by atoms with Crippen molar-refractivity contribution in [1.82, 2.24) is 9.97 Å². The first-order valence-corrected chi connectivity index (χ1v) is 8.69. The zero-order chi connectivity index (χ0) is 18.5. The summed E-state index contributed by atoms with van der Waals surface area (Å²) in [5.41, 5.74) is 4.08. The lowest BCUT2D eigenvalue weighted by molar-refractivity contribution is 0.102. The Kier molecular flexibility index (Phi) is 5.49. The summed E-state index contributed by atoms with van der Waals surface area (Å²) < 4.78 is 0. The number of anilines is 3. The molecule has 0 unspecified atom stereocenters. The quantitative estimate of drug-likeness (QED) is 0.667. The number of hydrogen-bond donors (Lipinski definition) is 2. The van der Waals surface area contributed by atoms with Crippen molar-refractivity contribution in [3.05, 3.63) is 76.6 Å². The van der Waals surface area contributed by atoms with Crippen molar-refractivity contribution in [3.8, 4) is 0 Å². The molecule has 0 atom stereocenters. The average molecular weight is 367 g/mol. The van der Waals surface area contributed by atoms with E-state index in [0.29, 0.717) is 16.5 Å². The third-order valence-corrected chi connectivity index (χ3v) is 4.46. The molecule has 2 aromatic carbocycles. The maximum absolute atomic E-state index is 12.3. The van der Waals surface area contributed by atoms with E-state index in [-0.39, 0.29) is 5.91 Å². The summed E-state index contributed by atoms with van der Waals surface area (Å²) in [5, 5.41) is 6.61. The average Bonchev–Trinajstić information content (AvgIpc) is 2.66. The molecule has 0 radical (unpaired) electrons. The third kappa shape index (κ3) is 4.18. The number of rotatable bonds is 5. The summed E-state index contributed by atoms with van der Waals surface area (Å²) in [6, 6.07) is 13.3. The van der Waals surface area contributed by atoms with Crippen LogP contribution in [0, 0.1) is 6.92 Å². The molecule has 0 aliphatic heterocycles. The van der Waals surface area contributed by atoms with Gasteiger partial charge >= 0.3 is 0 Å². The number of amides is 1. The molecular formula is C20H19ClN4O. The maximum atomic E-state index is 12.3. The van der Waals surface area contributed by atoms with Gasteiger partial charge in [0.15, 0.2) is 0 Å². The van der Waals surface area contributed by atoms with Gasteiger partial charge < -0.3 is 10.6 Å². The highest BCUT2D eigenvalue weighted by molar-refractivity contribution is 6.31. The lowest BCUT2D eigenvalue weighted by Crippen LogP contribution is -2.13. The Balaban J connectivity index is 1.68. The van der Waals surface area contributed by atoms with Gasteiger partial charge in [-0.05, 0) is 48.7 Å². The van der Waals surface area contributed by atoms with E-state index >= 15 is 0 Å². The Labute approximate surface area is 157 Å². The Morgan fingerprint density at radius 1 is 1.08 bits per heavy atom. The molecule has 6 heteroatoms. The van der Waals surface area contributed by atoms with Gasteiger partial charge in [-0.1, -0.05) is 36.7 Å². The zero-order valence-electron chi connectivity index (χ0n) is 14.6. The van der Waals surface area contributed by atoms with E-state index in [0.717, 1.165) is 23.4 Å².